The smallest absolute Gasteiger partial charge is 0.171 e. The molecule has 0 amide bonds. The van der Waals surface area contributed by atoms with Crippen LogP contribution in [-0.4, -0.2) is 50.0 Å². The summed E-state index contributed by atoms with van der Waals surface area (Å²) < 4.78 is 20.6. The summed E-state index contributed by atoms with van der Waals surface area (Å²) in [7, 11) is 3.21. The SMILES string of the molecule is COc1cc2ncn3c(-c4ccc(OCCCn5ccnc5)cc4)nnc3c2cc1OC. The first-order valence-electron chi connectivity index (χ1n) is 10.2. The largest absolute Gasteiger partial charge is 0.494 e. The summed E-state index contributed by atoms with van der Waals surface area (Å²) in [6, 6.07) is 11.5. The van der Waals surface area contributed by atoms with Gasteiger partial charge in [0.15, 0.2) is 23.0 Å². The van der Waals surface area contributed by atoms with Crippen molar-refractivity contribution in [1.82, 2.24) is 29.1 Å². The number of aromatic nitrogens is 6. The number of fused-ring (bicyclic) bond motifs is 3. The van der Waals surface area contributed by atoms with Gasteiger partial charge in [0.05, 0.1) is 32.7 Å². The Morgan fingerprint density at radius 2 is 1.75 bits per heavy atom. The van der Waals surface area contributed by atoms with E-state index in [9.17, 15) is 0 Å². The molecule has 0 N–H and O–H groups in total. The maximum Gasteiger partial charge on any atom is 0.171 e. The second kappa shape index (κ2) is 8.54. The highest BCUT2D eigenvalue weighted by Crippen LogP contribution is 2.33. The molecule has 0 fully saturated rings. The minimum Gasteiger partial charge on any atom is -0.494 e. The second-order valence-electron chi connectivity index (χ2n) is 7.21. The van der Waals surface area contributed by atoms with Crippen LogP contribution in [0.4, 0.5) is 0 Å². The third kappa shape index (κ3) is 3.68. The van der Waals surface area contributed by atoms with E-state index in [0.29, 0.717) is 29.6 Å². The molecular weight excluding hydrogens is 408 g/mol. The second-order valence-corrected chi connectivity index (χ2v) is 7.21. The lowest BCUT2D eigenvalue weighted by Crippen LogP contribution is -2.03. The third-order valence-electron chi connectivity index (χ3n) is 5.25. The molecule has 0 aliphatic carbocycles. The standard InChI is InChI=1S/C23H22N6O3/c1-30-20-12-18-19(13-21(20)31-2)25-15-29-22(26-27-23(18)29)16-4-6-17(7-5-16)32-11-3-9-28-10-8-24-14-28/h4-8,10,12-15H,3,9,11H2,1-2H3. The van der Waals surface area contributed by atoms with Gasteiger partial charge < -0.3 is 18.8 Å². The van der Waals surface area contributed by atoms with Gasteiger partial charge in [0, 0.05) is 36.0 Å². The van der Waals surface area contributed by atoms with E-state index in [-0.39, 0.29) is 0 Å². The summed E-state index contributed by atoms with van der Waals surface area (Å²) in [4.78, 5) is 8.60. The molecule has 5 aromatic rings. The first-order valence-corrected chi connectivity index (χ1v) is 10.2. The Hall–Kier alpha value is -4.14. The fourth-order valence-electron chi connectivity index (χ4n) is 3.61. The first kappa shape index (κ1) is 19.8. The molecule has 0 saturated carbocycles. The van der Waals surface area contributed by atoms with E-state index >= 15 is 0 Å². The molecule has 32 heavy (non-hydrogen) atoms. The Morgan fingerprint density at radius 3 is 2.50 bits per heavy atom. The number of imidazole rings is 1. The highest BCUT2D eigenvalue weighted by molar-refractivity contribution is 5.94. The van der Waals surface area contributed by atoms with Crippen LogP contribution < -0.4 is 14.2 Å². The normalized spacial score (nSPS) is 11.2. The molecule has 9 heteroatoms. The predicted octanol–water partition coefficient (Wildman–Crippen LogP) is 3.63. The third-order valence-corrected chi connectivity index (χ3v) is 5.25. The molecule has 0 spiro atoms. The zero-order valence-corrected chi connectivity index (χ0v) is 17.8. The van der Waals surface area contributed by atoms with E-state index in [1.807, 2.05) is 57.9 Å². The van der Waals surface area contributed by atoms with E-state index in [1.54, 1.807) is 26.7 Å². The van der Waals surface area contributed by atoms with Gasteiger partial charge in [-0.1, -0.05) is 0 Å². The summed E-state index contributed by atoms with van der Waals surface area (Å²) in [5.41, 5.74) is 2.38. The molecular formula is C23H22N6O3. The fraction of sp³-hybridized carbons (Fsp3) is 0.217. The average Bonchev–Trinajstić information content (AvgIpc) is 3.51. The van der Waals surface area contributed by atoms with Crippen molar-refractivity contribution in [3.05, 3.63) is 61.4 Å². The molecule has 9 nitrogen and oxygen atoms in total. The van der Waals surface area contributed by atoms with Crippen LogP contribution >= 0.6 is 0 Å². The fourth-order valence-corrected chi connectivity index (χ4v) is 3.61. The van der Waals surface area contributed by atoms with Gasteiger partial charge in [-0.2, -0.15) is 0 Å². The van der Waals surface area contributed by atoms with Gasteiger partial charge in [-0.3, -0.25) is 4.40 Å². The minimum absolute atomic E-state index is 0.619. The summed E-state index contributed by atoms with van der Waals surface area (Å²) in [5.74, 6) is 2.76. The molecule has 0 saturated heterocycles. The van der Waals surface area contributed by atoms with Crippen LogP contribution in [-0.2, 0) is 6.54 Å². The minimum atomic E-state index is 0.619. The van der Waals surface area contributed by atoms with E-state index in [4.69, 9.17) is 14.2 Å². The van der Waals surface area contributed by atoms with Crippen LogP contribution in [0.2, 0.25) is 0 Å². The quantitative estimate of drug-likeness (QED) is 0.347. The maximum atomic E-state index is 5.85. The van der Waals surface area contributed by atoms with Gasteiger partial charge in [-0.15, -0.1) is 10.2 Å². The van der Waals surface area contributed by atoms with Crippen molar-refractivity contribution in [2.75, 3.05) is 20.8 Å². The Morgan fingerprint density at radius 1 is 0.938 bits per heavy atom. The van der Waals surface area contributed by atoms with E-state index in [0.717, 1.165) is 35.2 Å². The van der Waals surface area contributed by atoms with Gasteiger partial charge in [0.1, 0.15) is 12.1 Å². The summed E-state index contributed by atoms with van der Waals surface area (Å²) >= 11 is 0. The predicted molar refractivity (Wildman–Crippen MR) is 119 cm³/mol. The number of benzene rings is 2. The molecule has 3 heterocycles. The monoisotopic (exact) mass is 430 g/mol. The number of hydrogen-bond donors (Lipinski definition) is 0. The highest BCUT2D eigenvalue weighted by Gasteiger charge is 2.15. The Bertz CT molecular complexity index is 1350. The summed E-state index contributed by atoms with van der Waals surface area (Å²) in [6.07, 6.45) is 8.16. The highest BCUT2D eigenvalue weighted by atomic mass is 16.5. The molecule has 0 atom stereocenters. The molecule has 0 aliphatic rings. The first-order chi connectivity index (χ1) is 15.8. The molecule has 0 bridgehead atoms. The van der Waals surface area contributed by atoms with Crippen LogP contribution in [0.3, 0.4) is 0 Å². The number of ether oxygens (including phenoxy) is 3. The molecule has 0 unspecified atom stereocenters. The van der Waals surface area contributed by atoms with Crippen molar-refractivity contribution in [3.8, 4) is 28.6 Å². The molecule has 2 aromatic carbocycles. The van der Waals surface area contributed by atoms with Crippen molar-refractivity contribution in [1.29, 1.82) is 0 Å². The zero-order chi connectivity index (χ0) is 21.9. The summed E-state index contributed by atoms with van der Waals surface area (Å²) in [6.45, 7) is 1.51. The summed E-state index contributed by atoms with van der Waals surface area (Å²) in [5, 5.41) is 9.63. The average molecular weight is 430 g/mol. The number of nitrogens with zero attached hydrogens (tertiary/aromatic N) is 6. The number of rotatable bonds is 8. The number of methoxy groups -OCH3 is 2. The van der Waals surface area contributed by atoms with E-state index in [2.05, 4.69) is 20.2 Å². The topological polar surface area (TPSA) is 88.6 Å². The van der Waals surface area contributed by atoms with Gasteiger partial charge in [0.25, 0.3) is 0 Å². The van der Waals surface area contributed by atoms with Crippen molar-refractivity contribution in [2.45, 2.75) is 13.0 Å². The van der Waals surface area contributed by atoms with Crippen molar-refractivity contribution < 1.29 is 14.2 Å². The lowest BCUT2D eigenvalue weighted by molar-refractivity contribution is 0.302. The van der Waals surface area contributed by atoms with Crippen molar-refractivity contribution >= 4 is 16.6 Å². The Balaban J connectivity index is 1.36. The maximum absolute atomic E-state index is 5.85. The van der Waals surface area contributed by atoms with Gasteiger partial charge >= 0.3 is 0 Å². The molecule has 0 radical (unpaired) electrons. The van der Waals surface area contributed by atoms with Crippen LogP contribution in [0.1, 0.15) is 6.42 Å². The van der Waals surface area contributed by atoms with E-state index in [1.165, 1.54) is 0 Å². The Kier molecular flexibility index (Phi) is 5.29. The molecule has 5 rings (SSSR count). The van der Waals surface area contributed by atoms with Crippen molar-refractivity contribution in [2.24, 2.45) is 0 Å². The molecule has 3 aromatic heterocycles. The van der Waals surface area contributed by atoms with Crippen LogP contribution in [0.5, 0.6) is 17.2 Å². The van der Waals surface area contributed by atoms with Crippen molar-refractivity contribution in [3.63, 3.8) is 0 Å². The van der Waals surface area contributed by atoms with Gasteiger partial charge in [-0.25, -0.2) is 9.97 Å². The number of aryl methyl sites for hydroxylation is 1. The van der Waals surface area contributed by atoms with Gasteiger partial charge in [-0.05, 0) is 36.8 Å². The number of hydrogen-bond acceptors (Lipinski definition) is 7. The van der Waals surface area contributed by atoms with Crippen LogP contribution in [0.25, 0.3) is 27.9 Å². The van der Waals surface area contributed by atoms with Crippen LogP contribution in [0.15, 0.2) is 61.4 Å². The lowest BCUT2D eigenvalue weighted by Gasteiger charge is -2.09. The van der Waals surface area contributed by atoms with Crippen LogP contribution in [0, 0.1) is 0 Å². The van der Waals surface area contributed by atoms with E-state index < -0.39 is 0 Å². The lowest BCUT2D eigenvalue weighted by atomic mass is 10.2. The van der Waals surface area contributed by atoms with Gasteiger partial charge in [0.2, 0.25) is 0 Å². The molecule has 0 aliphatic heterocycles. The molecule has 162 valence electrons. The zero-order valence-electron chi connectivity index (χ0n) is 17.8. The Labute approximate surface area is 184 Å².